The summed E-state index contributed by atoms with van der Waals surface area (Å²) in [6, 6.07) is 27.4. The molecule has 0 fully saturated rings. The Hall–Kier alpha value is -3.40. The molecular formula is C31H38NO6SSi-. The molecule has 7 nitrogen and oxygen atoms in total. The fourth-order valence-electron chi connectivity index (χ4n) is 4.59. The molecule has 3 aromatic rings. The molecule has 3 aromatic carbocycles. The van der Waals surface area contributed by atoms with E-state index in [0.717, 1.165) is 15.9 Å². The van der Waals surface area contributed by atoms with E-state index in [1.807, 2.05) is 60.7 Å². The molecule has 1 atom stereocenters. The lowest BCUT2D eigenvalue weighted by atomic mass is 10.1. The molecule has 1 N–H and O–H groups in total. The molecule has 1 amide bonds. The second-order valence-corrected chi connectivity index (χ2v) is 17.2. The van der Waals surface area contributed by atoms with Gasteiger partial charge in [-0.15, -0.1) is 0 Å². The Morgan fingerprint density at radius 2 is 1.38 bits per heavy atom. The molecule has 0 aliphatic heterocycles. The van der Waals surface area contributed by atoms with Gasteiger partial charge < -0.3 is 19.0 Å². The van der Waals surface area contributed by atoms with Gasteiger partial charge in [-0.2, -0.15) is 0 Å². The number of hydrogen-bond acceptors (Lipinski definition) is 6. The van der Waals surface area contributed by atoms with E-state index in [4.69, 9.17) is 9.16 Å². The average Bonchev–Trinajstić information content (AvgIpc) is 2.85. The van der Waals surface area contributed by atoms with Gasteiger partial charge in [0.1, 0.15) is 21.5 Å². The lowest BCUT2D eigenvalue weighted by Gasteiger charge is -2.43. The summed E-state index contributed by atoms with van der Waals surface area (Å²) in [7, 11) is -7.42. The van der Waals surface area contributed by atoms with E-state index in [-0.39, 0.29) is 11.5 Å². The minimum Gasteiger partial charge on any atom is -0.744 e. The van der Waals surface area contributed by atoms with E-state index >= 15 is 0 Å². The predicted octanol–water partition coefficient (Wildman–Crippen LogP) is 5.12. The Balaban J connectivity index is 1.93. The number of amides is 1. The summed E-state index contributed by atoms with van der Waals surface area (Å²) in [5, 5.41) is 5.29. The molecule has 9 heteroatoms. The van der Waals surface area contributed by atoms with Crippen LogP contribution in [0.3, 0.4) is 0 Å². The standard InChI is InChI=1S/C31H39NO6SSi/c1-30(2,3)37-29(33)32-25(21-22-39(34,35)36)23-24-17-19-26(20-18-24)38-40(31(4,5)6,27-13-9-7-10-14-27)28-15-11-8-12-16-28/h7-22,25H,23H2,1-6H3,(H,32,33)(H,34,35,36)/p-1/b22-21+. The number of ether oxygens (including phenoxy) is 1. The molecule has 40 heavy (non-hydrogen) atoms. The predicted molar refractivity (Wildman–Crippen MR) is 160 cm³/mol. The summed E-state index contributed by atoms with van der Waals surface area (Å²) in [4.78, 5) is 12.3. The van der Waals surface area contributed by atoms with Crippen LogP contribution in [-0.2, 0) is 21.3 Å². The average molecular weight is 581 g/mol. The van der Waals surface area contributed by atoms with E-state index in [2.05, 4.69) is 50.4 Å². The second-order valence-electron chi connectivity index (χ2n) is 11.7. The fourth-order valence-corrected chi connectivity index (χ4v) is 9.39. The largest absolute Gasteiger partial charge is 0.744 e. The van der Waals surface area contributed by atoms with Crippen molar-refractivity contribution in [1.82, 2.24) is 5.32 Å². The maximum absolute atomic E-state index is 12.3. The summed E-state index contributed by atoms with van der Waals surface area (Å²) in [5.74, 6) is 0.701. The molecule has 3 rings (SSSR count). The SMILES string of the molecule is CC(C)(C)OC(=O)NC(/C=C/S(=O)(=O)[O-])Cc1ccc(O[Si](c2ccccc2)(c2ccccc2)C(C)(C)C)cc1. The Bertz CT molecular complexity index is 1350. The van der Waals surface area contributed by atoms with E-state index < -0.39 is 36.2 Å². The minimum atomic E-state index is -4.61. The van der Waals surface area contributed by atoms with Gasteiger partial charge in [0.25, 0.3) is 0 Å². The number of nitrogens with one attached hydrogen (secondary N) is 1. The van der Waals surface area contributed by atoms with Crippen LogP contribution in [0.1, 0.15) is 47.1 Å². The van der Waals surface area contributed by atoms with Crippen molar-refractivity contribution in [2.24, 2.45) is 0 Å². The van der Waals surface area contributed by atoms with E-state index in [1.54, 1.807) is 20.8 Å². The van der Waals surface area contributed by atoms with Gasteiger partial charge >= 0.3 is 14.4 Å². The third-order valence-electron chi connectivity index (χ3n) is 6.25. The van der Waals surface area contributed by atoms with Crippen LogP contribution in [0.25, 0.3) is 0 Å². The molecule has 0 saturated carbocycles. The van der Waals surface area contributed by atoms with Crippen LogP contribution in [0.15, 0.2) is 96.4 Å². The van der Waals surface area contributed by atoms with Crippen LogP contribution in [-0.4, -0.2) is 39.0 Å². The normalized spacial score (nSPS) is 13.6. The highest BCUT2D eigenvalue weighted by Gasteiger charge is 2.52. The number of hydrogen-bond donors (Lipinski definition) is 1. The monoisotopic (exact) mass is 580 g/mol. The third-order valence-corrected chi connectivity index (χ3v) is 11.7. The first-order chi connectivity index (χ1) is 18.6. The first kappa shape index (κ1) is 31.1. The number of benzene rings is 3. The van der Waals surface area contributed by atoms with Gasteiger partial charge in [-0.3, -0.25) is 0 Å². The number of carbonyl (C=O) groups is 1. The van der Waals surface area contributed by atoms with Crippen LogP contribution in [0.4, 0.5) is 4.79 Å². The first-order valence-corrected chi connectivity index (χ1v) is 16.5. The zero-order chi connectivity index (χ0) is 29.6. The van der Waals surface area contributed by atoms with Crippen LogP contribution in [0.2, 0.25) is 5.04 Å². The topological polar surface area (TPSA) is 105 Å². The van der Waals surface area contributed by atoms with E-state index in [1.165, 1.54) is 6.08 Å². The van der Waals surface area contributed by atoms with Crippen molar-refractivity contribution in [3.8, 4) is 5.75 Å². The quantitative estimate of drug-likeness (QED) is 0.278. The highest BCUT2D eigenvalue weighted by molar-refractivity contribution is 7.88. The second kappa shape index (κ2) is 12.4. The van der Waals surface area contributed by atoms with Crippen molar-refractivity contribution in [2.75, 3.05) is 0 Å². The minimum absolute atomic E-state index is 0.203. The Morgan fingerprint density at radius 3 is 1.80 bits per heavy atom. The molecule has 0 heterocycles. The van der Waals surface area contributed by atoms with Crippen LogP contribution in [0.5, 0.6) is 5.75 Å². The number of alkyl carbamates (subject to hydrolysis) is 1. The van der Waals surface area contributed by atoms with Crippen LogP contribution < -0.4 is 20.1 Å². The van der Waals surface area contributed by atoms with Crippen molar-refractivity contribution in [2.45, 2.75) is 64.6 Å². The molecule has 214 valence electrons. The van der Waals surface area contributed by atoms with Crippen molar-refractivity contribution in [1.29, 1.82) is 0 Å². The van der Waals surface area contributed by atoms with Gasteiger partial charge in [0, 0.05) is 5.41 Å². The summed E-state index contributed by atoms with van der Waals surface area (Å²) in [6.45, 7) is 11.8. The maximum Gasteiger partial charge on any atom is 0.408 e. The smallest absolute Gasteiger partial charge is 0.408 e. The van der Waals surface area contributed by atoms with Gasteiger partial charge in [0.15, 0.2) is 0 Å². The van der Waals surface area contributed by atoms with Gasteiger partial charge in [0.2, 0.25) is 0 Å². The Morgan fingerprint density at radius 1 is 0.875 bits per heavy atom. The van der Waals surface area contributed by atoms with Crippen molar-refractivity contribution < 1.29 is 26.9 Å². The summed E-state index contributed by atoms with van der Waals surface area (Å²) in [5.41, 5.74) is 0.0758. The Labute approximate surface area is 239 Å². The molecule has 0 spiro atoms. The first-order valence-electron chi connectivity index (χ1n) is 13.1. The van der Waals surface area contributed by atoms with E-state index in [9.17, 15) is 17.8 Å². The highest BCUT2D eigenvalue weighted by Crippen LogP contribution is 2.37. The fraction of sp³-hybridized carbons (Fsp3) is 0.323. The zero-order valence-electron chi connectivity index (χ0n) is 23.9. The Kier molecular flexibility index (Phi) is 9.66. The summed E-state index contributed by atoms with van der Waals surface area (Å²) in [6.07, 6.45) is 0.695. The van der Waals surface area contributed by atoms with Crippen LogP contribution >= 0.6 is 0 Å². The summed E-state index contributed by atoms with van der Waals surface area (Å²) >= 11 is 0. The van der Waals surface area contributed by atoms with Crippen molar-refractivity contribution >= 4 is 34.9 Å². The number of rotatable bonds is 9. The summed E-state index contributed by atoms with van der Waals surface area (Å²) < 4.78 is 45.9. The van der Waals surface area contributed by atoms with Crippen molar-refractivity contribution in [3.05, 3.63) is 102 Å². The van der Waals surface area contributed by atoms with Crippen molar-refractivity contribution in [3.63, 3.8) is 0 Å². The molecule has 0 radical (unpaired) electrons. The maximum atomic E-state index is 12.3. The molecule has 0 aliphatic rings. The lowest BCUT2D eigenvalue weighted by molar-refractivity contribution is 0.0514. The van der Waals surface area contributed by atoms with Crippen LogP contribution in [0, 0.1) is 0 Å². The molecule has 1 unspecified atom stereocenters. The molecule has 0 saturated heterocycles. The van der Waals surface area contributed by atoms with Gasteiger partial charge in [-0.05, 0) is 60.3 Å². The highest BCUT2D eigenvalue weighted by atomic mass is 32.2. The third kappa shape index (κ3) is 8.55. The number of carbonyl (C=O) groups excluding carboxylic acids is 1. The van der Waals surface area contributed by atoms with E-state index in [0.29, 0.717) is 11.2 Å². The van der Waals surface area contributed by atoms with Gasteiger partial charge in [-0.1, -0.05) is 99.6 Å². The van der Waals surface area contributed by atoms with Gasteiger partial charge in [0.05, 0.1) is 6.04 Å². The molecular weight excluding hydrogens is 542 g/mol. The molecule has 0 aromatic heterocycles. The molecule has 0 bridgehead atoms. The molecule has 0 aliphatic carbocycles. The lowest BCUT2D eigenvalue weighted by Crippen LogP contribution is -2.68. The van der Waals surface area contributed by atoms with Gasteiger partial charge in [-0.25, -0.2) is 13.2 Å². The zero-order valence-corrected chi connectivity index (χ0v) is 25.7.